The van der Waals surface area contributed by atoms with Gasteiger partial charge >= 0.3 is 5.91 Å². The molecule has 2 aliphatic rings. The van der Waals surface area contributed by atoms with Crippen molar-refractivity contribution in [1.29, 1.82) is 0 Å². The zero-order valence-electron chi connectivity index (χ0n) is 16.7. The van der Waals surface area contributed by atoms with Crippen LogP contribution in [0.2, 0.25) is 0 Å². The highest BCUT2D eigenvalue weighted by Crippen LogP contribution is 2.24. The molecule has 0 spiro atoms. The van der Waals surface area contributed by atoms with Crippen LogP contribution in [0.1, 0.15) is 37.7 Å². The molecular formula is C21H28N4O3S. The fourth-order valence-electron chi connectivity index (χ4n) is 3.62. The normalized spacial score (nSPS) is 19.8. The third-order valence-electron chi connectivity index (χ3n) is 5.35. The SMILES string of the molecule is CN1CCS/C1=N\NC(=O)C(=O)[C@H](Cc1ccccc1)NC(=O)C1CCCCC1. The molecule has 1 atom stereocenters. The molecule has 2 N–H and O–H groups in total. The number of thioether (sulfide) groups is 1. The maximum absolute atomic E-state index is 12.8. The second-order valence-electron chi connectivity index (χ2n) is 7.56. The van der Waals surface area contributed by atoms with E-state index in [1.54, 1.807) is 0 Å². The van der Waals surface area contributed by atoms with Crippen molar-refractivity contribution in [1.82, 2.24) is 15.6 Å². The Morgan fingerprint density at radius 2 is 1.90 bits per heavy atom. The van der Waals surface area contributed by atoms with Crippen LogP contribution in [0.4, 0.5) is 0 Å². The maximum atomic E-state index is 12.8. The number of nitrogens with zero attached hydrogens (tertiary/aromatic N) is 2. The number of hydrogen-bond acceptors (Lipinski definition) is 5. The van der Waals surface area contributed by atoms with Crippen molar-refractivity contribution in [3.05, 3.63) is 35.9 Å². The van der Waals surface area contributed by atoms with Crippen LogP contribution in [-0.4, -0.2) is 53.1 Å². The van der Waals surface area contributed by atoms with E-state index in [-0.39, 0.29) is 18.2 Å². The summed E-state index contributed by atoms with van der Waals surface area (Å²) in [7, 11) is 1.88. The summed E-state index contributed by atoms with van der Waals surface area (Å²) in [5.41, 5.74) is 3.25. The van der Waals surface area contributed by atoms with E-state index in [1.807, 2.05) is 42.3 Å². The minimum atomic E-state index is -0.902. The van der Waals surface area contributed by atoms with E-state index in [4.69, 9.17) is 0 Å². The number of amidine groups is 1. The largest absolute Gasteiger partial charge is 0.352 e. The van der Waals surface area contributed by atoms with E-state index in [2.05, 4.69) is 15.8 Å². The molecule has 0 aromatic heterocycles. The van der Waals surface area contributed by atoms with Gasteiger partial charge in [-0.1, -0.05) is 61.4 Å². The van der Waals surface area contributed by atoms with Crippen molar-refractivity contribution in [2.24, 2.45) is 11.0 Å². The van der Waals surface area contributed by atoms with Crippen molar-refractivity contribution in [2.75, 3.05) is 19.3 Å². The Bertz CT molecular complexity index is 762. The molecule has 1 saturated carbocycles. The number of hydrogen-bond donors (Lipinski definition) is 2. The third-order valence-corrected chi connectivity index (χ3v) is 6.40. The summed E-state index contributed by atoms with van der Waals surface area (Å²) in [5, 5.41) is 7.57. The summed E-state index contributed by atoms with van der Waals surface area (Å²) in [4.78, 5) is 39.9. The molecule has 1 aromatic rings. The monoisotopic (exact) mass is 416 g/mol. The predicted octanol–water partition coefficient (Wildman–Crippen LogP) is 1.93. The molecule has 3 rings (SSSR count). The molecule has 2 amide bonds. The second kappa shape index (κ2) is 10.4. The van der Waals surface area contributed by atoms with E-state index in [0.29, 0.717) is 5.17 Å². The molecule has 1 saturated heterocycles. The van der Waals surface area contributed by atoms with E-state index in [9.17, 15) is 14.4 Å². The van der Waals surface area contributed by atoms with Gasteiger partial charge in [0.2, 0.25) is 11.7 Å². The van der Waals surface area contributed by atoms with Gasteiger partial charge in [-0.15, -0.1) is 5.10 Å². The van der Waals surface area contributed by atoms with Gasteiger partial charge in [0.1, 0.15) is 6.04 Å². The number of rotatable bonds is 7. The quantitative estimate of drug-likeness (QED) is 0.524. The first-order valence-corrected chi connectivity index (χ1v) is 11.1. The molecule has 0 radical (unpaired) electrons. The molecule has 1 aliphatic heterocycles. The van der Waals surface area contributed by atoms with Crippen LogP contribution < -0.4 is 10.7 Å². The standard InChI is InChI=1S/C21H28N4O3S/c1-25-12-13-29-21(25)24-23-20(28)18(26)17(14-15-8-4-2-5-9-15)22-19(27)16-10-6-3-7-11-16/h2,4-5,8-9,16-17H,3,6-7,10-14H2,1H3,(H,22,27)(H,23,28)/b24-21-/t17-/m0/s1. The fourth-order valence-corrected chi connectivity index (χ4v) is 4.59. The molecule has 0 unspecified atom stereocenters. The Morgan fingerprint density at radius 1 is 1.17 bits per heavy atom. The van der Waals surface area contributed by atoms with Gasteiger partial charge in [-0.05, 0) is 18.4 Å². The van der Waals surface area contributed by atoms with Crippen LogP contribution in [0.3, 0.4) is 0 Å². The van der Waals surface area contributed by atoms with E-state index in [0.717, 1.165) is 50.0 Å². The third kappa shape index (κ3) is 6.06. The first kappa shape index (κ1) is 21.4. The molecule has 1 aliphatic carbocycles. The second-order valence-corrected chi connectivity index (χ2v) is 8.62. The molecule has 2 fully saturated rings. The van der Waals surface area contributed by atoms with Crippen LogP contribution in [-0.2, 0) is 20.8 Å². The summed E-state index contributed by atoms with van der Waals surface area (Å²) in [6.45, 7) is 0.849. The van der Waals surface area contributed by atoms with Gasteiger partial charge in [-0.25, -0.2) is 5.43 Å². The number of carbonyl (C=O) groups excluding carboxylic acids is 3. The summed E-state index contributed by atoms with van der Waals surface area (Å²) in [5.74, 6) is -0.796. The average Bonchev–Trinajstić information content (AvgIpc) is 3.17. The first-order chi connectivity index (χ1) is 14.0. The fraction of sp³-hybridized carbons (Fsp3) is 0.524. The number of nitrogens with one attached hydrogen (secondary N) is 2. The summed E-state index contributed by atoms with van der Waals surface area (Å²) in [6.07, 6.45) is 5.14. The smallest absolute Gasteiger partial charge is 0.309 e. The zero-order chi connectivity index (χ0) is 20.6. The Hall–Kier alpha value is -2.35. The van der Waals surface area contributed by atoms with Gasteiger partial charge in [0.15, 0.2) is 5.17 Å². The molecular weight excluding hydrogens is 388 g/mol. The Morgan fingerprint density at radius 3 is 2.55 bits per heavy atom. The average molecular weight is 417 g/mol. The van der Waals surface area contributed by atoms with Gasteiger partial charge in [0, 0.05) is 31.7 Å². The van der Waals surface area contributed by atoms with Crippen LogP contribution in [0.25, 0.3) is 0 Å². The summed E-state index contributed by atoms with van der Waals surface area (Å²) < 4.78 is 0. The van der Waals surface area contributed by atoms with Crippen LogP contribution >= 0.6 is 11.8 Å². The zero-order valence-corrected chi connectivity index (χ0v) is 17.5. The van der Waals surface area contributed by atoms with Crippen molar-refractivity contribution < 1.29 is 14.4 Å². The predicted molar refractivity (Wildman–Crippen MR) is 114 cm³/mol. The van der Waals surface area contributed by atoms with Crippen LogP contribution in [0, 0.1) is 5.92 Å². The van der Waals surface area contributed by atoms with Gasteiger partial charge in [0.05, 0.1) is 0 Å². The van der Waals surface area contributed by atoms with Gasteiger partial charge in [-0.3, -0.25) is 14.4 Å². The highest BCUT2D eigenvalue weighted by atomic mass is 32.2. The number of ketones is 1. The lowest BCUT2D eigenvalue weighted by Gasteiger charge is -2.24. The Labute approximate surface area is 175 Å². The Balaban J connectivity index is 1.67. The lowest BCUT2D eigenvalue weighted by molar-refractivity contribution is -0.140. The molecule has 29 heavy (non-hydrogen) atoms. The number of benzene rings is 1. The molecule has 1 aromatic carbocycles. The maximum Gasteiger partial charge on any atom is 0.309 e. The number of hydrazone groups is 1. The highest BCUT2D eigenvalue weighted by molar-refractivity contribution is 8.14. The number of Topliss-reactive ketones (excluding diaryl/α,β-unsaturated/α-hetero) is 1. The van der Waals surface area contributed by atoms with Crippen LogP contribution in [0.5, 0.6) is 0 Å². The van der Waals surface area contributed by atoms with Crippen LogP contribution in [0.15, 0.2) is 35.4 Å². The van der Waals surface area contributed by atoms with Crippen molar-refractivity contribution >= 4 is 34.5 Å². The molecule has 156 valence electrons. The Kier molecular flexibility index (Phi) is 7.69. The van der Waals surface area contributed by atoms with Crippen molar-refractivity contribution in [2.45, 2.75) is 44.6 Å². The van der Waals surface area contributed by atoms with Crippen molar-refractivity contribution in [3.8, 4) is 0 Å². The van der Waals surface area contributed by atoms with Gasteiger partial charge in [0.25, 0.3) is 0 Å². The lowest BCUT2D eigenvalue weighted by Crippen LogP contribution is -2.49. The van der Waals surface area contributed by atoms with E-state index < -0.39 is 17.7 Å². The molecule has 0 bridgehead atoms. The summed E-state index contributed by atoms with van der Waals surface area (Å²) >= 11 is 1.52. The first-order valence-electron chi connectivity index (χ1n) is 10.1. The van der Waals surface area contributed by atoms with Gasteiger partial charge in [-0.2, -0.15) is 0 Å². The molecule has 1 heterocycles. The molecule has 8 heteroatoms. The van der Waals surface area contributed by atoms with E-state index in [1.165, 1.54) is 11.8 Å². The van der Waals surface area contributed by atoms with Crippen molar-refractivity contribution in [3.63, 3.8) is 0 Å². The van der Waals surface area contributed by atoms with Gasteiger partial charge < -0.3 is 10.2 Å². The topological polar surface area (TPSA) is 90.9 Å². The minimum absolute atomic E-state index is 0.0818. The highest BCUT2D eigenvalue weighted by Gasteiger charge is 2.30. The minimum Gasteiger partial charge on any atom is -0.352 e. The molecule has 7 nitrogen and oxygen atoms in total. The summed E-state index contributed by atoms with van der Waals surface area (Å²) in [6, 6.07) is 8.50. The lowest BCUT2D eigenvalue weighted by atomic mass is 9.88. The number of amides is 2. The van der Waals surface area contributed by atoms with E-state index >= 15 is 0 Å². The number of carbonyl (C=O) groups is 3.